The first-order valence-corrected chi connectivity index (χ1v) is 13.1. The van der Waals surface area contributed by atoms with Gasteiger partial charge in [-0.25, -0.2) is 4.98 Å². The van der Waals surface area contributed by atoms with Crippen molar-refractivity contribution in [3.05, 3.63) is 54.4 Å². The minimum absolute atomic E-state index is 0.173. The molecular weight excluding hydrogens is 476 g/mol. The van der Waals surface area contributed by atoms with Crippen LogP contribution in [-0.4, -0.2) is 70.0 Å². The first-order chi connectivity index (χ1) is 18.6. The molecule has 0 saturated carbocycles. The first kappa shape index (κ1) is 24.0. The average molecular weight is 507 g/mol. The quantitative estimate of drug-likeness (QED) is 0.504. The van der Waals surface area contributed by atoms with Crippen LogP contribution in [0.5, 0.6) is 5.75 Å². The number of rotatable bonds is 5. The number of nitrogens with two attached hydrogens (primary N) is 1. The van der Waals surface area contributed by atoms with Crippen LogP contribution in [0.25, 0.3) is 11.3 Å². The Bertz CT molecular complexity index is 1420. The molecule has 3 saturated heterocycles. The van der Waals surface area contributed by atoms with Gasteiger partial charge in [-0.2, -0.15) is 5.26 Å². The summed E-state index contributed by atoms with van der Waals surface area (Å²) in [5.41, 5.74) is 10.3. The molecule has 38 heavy (non-hydrogen) atoms. The number of benzene rings is 1. The predicted molar refractivity (Wildman–Crippen MR) is 146 cm³/mol. The van der Waals surface area contributed by atoms with E-state index >= 15 is 0 Å². The number of fused-ring (bicyclic) bond motifs is 2. The van der Waals surface area contributed by atoms with E-state index in [9.17, 15) is 5.11 Å². The Morgan fingerprint density at radius 2 is 1.82 bits per heavy atom. The Morgan fingerprint density at radius 1 is 1.03 bits per heavy atom. The molecule has 3 aromatic rings. The lowest BCUT2D eigenvalue weighted by Gasteiger charge is -2.43. The number of nitriles is 1. The first-order valence-electron chi connectivity index (χ1n) is 13.1. The van der Waals surface area contributed by atoms with Crippen LogP contribution in [0, 0.1) is 29.1 Å². The zero-order valence-electron chi connectivity index (χ0n) is 21.2. The Hall–Kier alpha value is -4.34. The highest BCUT2D eigenvalue weighted by Gasteiger charge is 2.40. The number of likely N-dealkylation sites (tertiary alicyclic amines) is 1. The summed E-state index contributed by atoms with van der Waals surface area (Å²) in [7, 11) is 0. The van der Waals surface area contributed by atoms with Crippen molar-refractivity contribution < 1.29 is 5.11 Å². The van der Waals surface area contributed by atoms with Crippen molar-refractivity contribution in [3.63, 3.8) is 0 Å². The van der Waals surface area contributed by atoms with E-state index in [1.54, 1.807) is 12.1 Å². The number of aromatic hydroxyl groups is 1. The molecule has 3 fully saturated rings. The lowest BCUT2D eigenvalue weighted by Crippen LogP contribution is -2.54. The fourth-order valence-corrected chi connectivity index (χ4v) is 5.94. The molecule has 3 aliphatic rings. The molecule has 0 aliphatic carbocycles. The van der Waals surface area contributed by atoms with Gasteiger partial charge in [0, 0.05) is 62.1 Å². The molecule has 2 atom stereocenters. The third-order valence-corrected chi connectivity index (χ3v) is 7.78. The number of para-hydroxylation sites is 1. The van der Waals surface area contributed by atoms with Gasteiger partial charge >= 0.3 is 0 Å². The Kier molecular flexibility index (Phi) is 6.45. The molecule has 0 amide bonds. The lowest BCUT2D eigenvalue weighted by atomic mass is 9.97. The van der Waals surface area contributed by atoms with E-state index in [1.165, 1.54) is 0 Å². The fraction of sp³-hybridized carbons (Fsp3) is 0.379. The van der Waals surface area contributed by atoms with Crippen LogP contribution >= 0.6 is 0 Å². The third kappa shape index (κ3) is 4.69. The smallest absolute Gasteiger partial charge is 0.169 e. The van der Waals surface area contributed by atoms with Crippen molar-refractivity contribution >= 4 is 17.2 Å². The highest BCUT2D eigenvalue weighted by atomic mass is 16.3. The van der Waals surface area contributed by atoms with Crippen molar-refractivity contribution in [2.45, 2.75) is 31.3 Å². The summed E-state index contributed by atoms with van der Waals surface area (Å²) >= 11 is 0. The SMILES string of the molecule is N#CCC1CN(CC#Cc2cc(N3C4CCC3CN(c3cc(-c5ccccc5O)nnc3N)C4)ccn2)C1. The topological polar surface area (TPSA) is 118 Å². The number of aromatic nitrogens is 3. The monoisotopic (exact) mass is 506 g/mol. The molecule has 5 heterocycles. The zero-order chi connectivity index (χ0) is 26.1. The van der Waals surface area contributed by atoms with Crippen molar-refractivity contribution in [3.8, 4) is 34.9 Å². The molecule has 3 aliphatic heterocycles. The van der Waals surface area contributed by atoms with Crippen LogP contribution in [0.4, 0.5) is 17.2 Å². The van der Waals surface area contributed by atoms with Crippen molar-refractivity contribution in [1.29, 1.82) is 5.26 Å². The highest BCUT2D eigenvalue weighted by molar-refractivity contribution is 5.74. The van der Waals surface area contributed by atoms with Gasteiger partial charge < -0.3 is 20.6 Å². The van der Waals surface area contributed by atoms with Gasteiger partial charge in [-0.1, -0.05) is 18.1 Å². The number of nitrogens with zero attached hydrogens (tertiary/aromatic N) is 7. The van der Waals surface area contributed by atoms with Crippen LogP contribution in [-0.2, 0) is 0 Å². The maximum Gasteiger partial charge on any atom is 0.169 e. The largest absolute Gasteiger partial charge is 0.507 e. The number of pyridine rings is 1. The van der Waals surface area contributed by atoms with E-state index in [0.717, 1.165) is 56.1 Å². The van der Waals surface area contributed by atoms with Gasteiger partial charge in [0.05, 0.1) is 24.0 Å². The molecule has 9 nitrogen and oxygen atoms in total. The minimum atomic E-state index is 0.173. The normalized spacial score (nSPS) is 20.9. The molecule has 2 aromatic heterocycles. The molecule has 0 radical (unpaired) electrons. The van der Waals surface area contributed by atoms with E-state index < -0.39 is 0 Å². The number of nitrogen functional groups attached to an aromatic ring is 1. The average Bonchev–Trinajstić information content (AvgIpc) is 3.17. The molecule has 0 spiro atoms. The van der Waals surface area contributed by atoms with Crippen LogP contribution in [0.3, 0.4) is 0 Å². The number of anilines is 3. The third-order valence-electron chi connectivity index (χ3n) is 7.78. The van der Waals surface area contributed by atoms with Gasteiger partial charge in [-0.15, -0.1) is 10.2 Å². The van der Waals surface area contributed by atoms with Crippen molar-refractivity contribution in [2.75, 3.05) is 48.3 Å². The van der Waals surface area contributed by atoms with Gasteiger partial charge in [0.2, 0.25) is 0 Å². The van der Waals surface area contributed by atoms with E-state index in [2.05, 4.69) is 59.9 Å². The number of hydrogen-bond acceptors (Lipinski definition) is 9. The van der Waals surface area contributed by atoms with Gasteiger partial charge in [0.25, 0.3) is 0 Å². The van der Waals surface area contributed by atoms with Gasteiger partial charge in [0.15, 0.2) is 5.82 Å². The predicted octanol–water partition coefficient (Wildman–Crippen LogP) is 2.88. The van der Waals surface area contributed by atoms with Gasteiger partial charge in [-0.05, 0) is 55.0 Å². The summed E-state index contributed by atoms with van der Waals surface area (Å²) in [5.74, 6) is 7.55. The summed E-state index contributed by atoms with van der Waals surface area (Å²) in [6, 6.07) is 16.2. The van der Waals surface area contributed by atoms with Crippen LogP contribution in [0.1, 0.15) is 25.0 Å². The van der Waals surface area contributed by atoms with Gasteiger partial charge in [-0.3, -0.25) is 4.90 Å². The highest BCUT2D eigenvalue weighted by Crippen LogP contribution is 2.39. The number of phenolic OH excluding ortho intramolecular Hbond substituents is 1. The Morgan fingerprint density at radius 3 is 2.58 bits per heavy atom. The van der Waals surface area contributed by atoms with E-state index in [-0.39, 0.29) is 5.75 Å². The van der Waals surface area contributed by atoms with Crippen molar-refractivity contribution in [1.82, 2.24) is 20.1 Å². The summed E-state index contributed by atoms with van der Waals surface area (Å²) in [4.78, 5) is 11.6. The number of phenols is 1. The Balaban J connectivity index is 1.16. The maximum absolute atomic E-state index is 10.3. The number of hydrogen-bond donors (Lipinski definition) is 2. The van der Waals surface area contributed by atoms with E-state index in [4.69, 9.17) is 11.0 Å². The molecule has 6 rings (SSSR count). The molecule has 2 bridgehead atoms. The standard InChI is InChI=1S/C29H30N8O/c30-11-9-20-16-35(17-20)13-3-4-21-14-22(10-12-32-21)37-23-7-8-24(37)19-36(18-23)27-15-26(33-34-29(27)31)25-5-1-2-6-28(25)38/h1-2,5-6,10,12,14-15,20,23-24,38H,7-9,13,16-19H2,(H2,31,34). The lowest BCUT2D eigenvalue weighted by molar-refractivity contribution is 0.121. The van der Waals surface area contributed by atoms with Crippen LogP contribution < -0.4 is 15.5 Å². The van der Waals surface area contributed by atoms with E-state index in [1.807, 2.05) is 24.4 Å². The van der Waals surface area contributed by atoms with E-state index in [0.29, 0.717) is 48.0 Å². The molecule has 1 aromatic carbocycles. The second-order valence-corrected chi connectivity index (χ2v) is 10.3. The van der Waals surface area contributed by atoms with Crippen LogP contribution in [0.2, 0.25) is 0 Å². The molecule has 9 heteroatoms. The Labute approximate surface area is 222 Å². The second kappa shape index (κ2) is 10.2. The molecular formula is C29H30N8O. The molecule has 2 unspecified atom stereocenters. The summed E-state index contributed by atoms with van der Waals surface area (Å²) in [5, 5.41) is 27.6. The number of piperazine rings is 1. The summed E-state index contributed by atoms with van der Waals surface area (Å²) in [6.45, 7) is 4.27. The maximum atomic E-state index is 10.3. The zero-order valence-corrected chi connectivity index (χ0v) is 21.2. The summed E-state index contributed by atoms with van der Waals surface area (Å²) < 4.78 is 0. The van der Waals surface area contributed by atoms with Crippen LogP contribution in [0.15, 0.2) is 48.7 Å². The van der Waals surface area contributed by atoms with Gasteiger partial charge in [0.1, 0.15) is 11.4 Å². The summed E-state index contributed by atoms with van der Waals surface area (Å²) in [6.07, 6.45) is 4.69. The minimum Gasteiger partial charge on any atom is -0.507 e. The van der Waals surface area contributed by atoms with Crippen molar-refractivity contribution in [2.24, 2.45) is 5.92 Å². The molecule has 192 valence electrons. The fourth-order valence-electron chi connectivity index (χ4n) is 5.94. The molecule has 3 N–H and O–H groups in total. The second-order valence-electron chi connectivity index (χ2n) is 10.3.